The average molecular weight is 284 g/mol. The van der Waals surface area contributed by atoms with E-state index in [0.29, 0.717) is 6.54 Å². The van der Waals surface area contributed by atoms with Gasteiger partial charge in [0, 0.05) is 17.1 Å². The van der Waals surface area contributed by atoms with E-state index in [2.05, 4.69) is 10.1 Å². The smallest absolute Gasteiger partial charge is 0.269 e. The molecule has 2 heterocycles. The van der Waals surface area contributed by atoms with Gasteiger partial charge in [-0.25, -0.2) is 4.98 Å². The minimum atomic E-state index is -0.521. The molecule has 2 N–H and O–H groups in total. The lowest BCUT2D eigenvalue weighted by Gasteiger charge is -1.97. The second-order valence-electron chi connectivity index (χ2n) is 4.27. The number of rotatable bonds is 4. The highest BCUT2D eigenvalue weighted by Crippen LogP contribution is 2.23. The standard InChI is InChI=1S/C14H12N4OS/c15-13(19)12-6-7-18(17-12)8-11-9-20-14(16-11)10-4-2-1-3-5-10/h1-7,9H,8H2,(H2,15,19). The van der Waals surface area contributed by atoms with E-state index in [1.807, 2.05) is 35.7 Å². The Morgan fingerprint density at radius 3 is 2.75 bits per heavy atom. The zero-order valence-corrected chi connectivity index (χ0v) is 11.4. The summed E-state index contributed by atoms with van der Waals surface area (Å²) in [4.78, 5) is 15.6. The molecule has 0 aliphatic rings. The molecule has 0 fully saturated rings. The van der Waals surface area contributed by atoms with Crippen LogP contribution >= 0.6 is 11.3 Å². The van der Waals surface area contributed by atoms with Gasteiger partial charge in [0.2, 0.25) is 0 Å². The number of aromatic nitrogens is 3. The van der Waals surface area contributed by atoms with Crippen molar-refractivity contribution in [2.45, 2.75) is 6.54 Å². The van der Waals surface area contributed by atoms with E-state index in [-0.39, 0.29) is 5.69 Å². The predicted molar refractivity (Wildman–Crippen MR) is 77.4 cm³/mol. The Balaban J connectivity index is 1.78. The first-order valence-electron chi connectivity index (χ1n) is 6.05. The van der Waals surface area contributed by atoms with Crippen LogP contribution in [0.2, 0.25) is 0 Å². The van der Waals surface area contributed by atoms with Gasteiger partial charge < -0.3 is 5.73 Å². The maximum Gasteiger partial charge on any atom is 0.269 e. The molecule has 20 heavy (non-hydrogen) atoms. The van der Waals surface area contributed by atoms with Crippen molar-refractivity contribution >= 4 is 17.2 Å². The van der Waals surface area contributed by atoms with Gasteiger partial charge >= 0.3 is 0 Å². The van der Waals surface area contributed by atoms with Gasteiger partial charge in [-0.3, -0.25) is 9.48 Å². The molecule has 0 unspecified atom stereocenters. The third-order valence-corrected chi connectivity index (χ3v) is 3.73. The van der Waals surface area contributed by atoms with Gasteiger partial charge in [-0.05, 0) is 6.07 Å². The lowest BCUT2D eigenvalue weighted by atomic mass is 10.2. The van der Waals surface area contributed by atoms with Gasteiger partial charge in [0.1, 0.15) is 10.7 Å². The third-order valence-electron chi connectivity index (χ3n) is 2.79. The molecular formula is C14H12N4OS. The molecule has 2 aromatic heterocycles. The molecule has 0 aliphatic carbocycles. The highest BCUT2D eigenvalue weighted by molar-refractivity contribution is 7.13. The fourth-order valence-corrected chi connectivity index (χ4v) is 2.66. The molecule has 0 atom stereocenters. The van der Waals surface area contributed by atoms with E-state index in [9.17, 15) is 4.79 Å². The molecule has 0 saturated heterocycles. The average Bonchev–Trinajstić information content (AvgIpc) is 3.10. The first-order valence-corrected chi connectivity index (χ1v) is 6.93. The highest BCUT2D eigenvalue weighted by Gasteiger charge is 2.08. The summed E-state index contributed by atoms with van der Waals surface area (Å²) >= 11 is 1.59. The van der Waals surface area contributed by atoms with Crippen LogP contribution in [-0.4, -0.2) is 20.7 Å². The van der Waals surface area contributed by atoms with Gasteiger partial charge in [-0.1, -0.05) is 30.3 Å². The second-order valence-corrected chi connectivity index (χ2v) is 5.13. The van der Waals surface area contributed by atoms with Crippen LogP contribution in [0.3, 0.4) is 0 Å². The number of benzene rings is 1. The van der Waals surface area contributed by atoms with E-state index in [4.69, 9.17) is 5.73 Å². The second kappa shape index (κ2) is 5.26. The number of nitrogens with zero attached hydrogens (tertiary/aromatic N) is 3. The van der Waals surface area contributed by atoms with Crippen LogP contribution in [0.1, 0.15) is 16.2 Å². The van der Waals surface area contributed by atoms with Crippen molar-refractivity contribution in [3.05, 3.63) is 59.4 Å². The first kappa shape index (κ1) is 12.6. The van der Waals surface area contributed by atoms with E-state index < -0.39 is 5.91 Å². The van der Waals surface area contributed by atoms with Crippen LogP contribution < -0.4 is 5.73 Å². The van der Waals surface area contributed by atoms with Crippen molar-refractivity contribution in [2.75, 3.05) is 0 Å². The molecule has 0 saturated carbocycles. The number of nitrogens with two attached hydrogens (primary N) is 1. The predicted octanol–water partition coefficient (Wildman–Crippen LogP) is 2.15. The molecule has 1 amide bonds. The molecule has 0 radical (unpaired) electrons. The van der Waals surface area contributed by atoms with Crippen LogP contribution in [-0.2, 0) is 6.54 Å². The lowest BCUT2D eigenvalue weighted by molar-refractivity contribution is 0.0995. The number of thiazole rings is 1. The topological polar surface area (TPSA) is 73.8 Å². The Bertz CT molecular complexity index is 732. The molecule has 6 heteroatoms. The highest BCUT2D eigenvalue weighted by atomic mass is 32.1. The normalized spacial score (nSPS) is 10.6. The van der Waals surface area contributed by atoms with Crippen LogP contribution in [0.15, 0.2) is 48.0 Å². The Kier molecular flexibility index (Phi) is 3.30. The van der Waals surface area contributed by atoms with Gasteiger partial charge in [0.25, 0.3) is 5.91 Å². The summed E-state index contributed by atoms with van der Waals surface area (Å²) in [6.45, 7) is 0.524. The Morgan fingerprint density at radius 2 is 2.05 bits per heavy atom. The number of hydrogen-bond donors (Lipinski definition) is 1. The Hall–Kier alpha value is -2.47. The summed E-state index contributed by atoms with van der Waals surface area (Å²) in [6, 6.07) is 11.6. The summed E-state index contributed by atoms with van der Waals surface area (Å²) in [5, 5.41) is 7.06. The SMILES string of the molecule is NC(=O)c1ccn(Cc2csc(-c3ccccc3)n2)n1. The van der Waals surface area contributed by atoms with Crippen LogP contribution in [0.5, 0.6) is 0 Å². The summed E-state index contributed by atoms with van der Waals surface area (Å²) in [7, 11) is 0. The van der Waals surface area contributed by atoms with Crippen molar-refractivity contribution in [3.8, 4) is 10.6 Å². The molecule has 0 bridgehead atoms. The van der Waals surface area contributed by atoms with Gasteiger partial charge in [0.15, 0.2) is 0 Å². The van der Waals surface area contributed by atoms with E-state index >= 15 is 0 Å². The Labute approximate surface area is 119 Å². The number of hydrogen-bond acceptors (Lipinski definition) is 4. The van der Waals surface area contributed by atoms with Crippen molar-refractivity contribution in [1.82, 2.24) is 14.8 Å². The van der Waals surface area contributed by atoms with E-state index in [1.54, 1.807) is 28.3 Å². The monoisotopic (exact) mass is 284 g/mol. The molecule has 3 aromatic rings. The maximum atomic E-state index is 11.0. The van der Waals surface area contributed by atoms with Gasteiger partial charge in [0.05, 0.1) is 12.2 Å². The van der Waals surface area contributed by atoms with E-state index in [0.717, 1.165) is 16.3 Å². The first-order chi connectivity index (χ1) is 9.72. The fourth-order valence-electron chi connectivity index (χ4n) is 1.84. The Morgan fingerprint density at radius 1 is 1.25 bits per heavy atom. The van der Waals surface area contributed by atoms with Gasteiger partial charge in [-0.2, -0.15) is 5.10 Å². The maximum absolute atomic E-state index is 11.0. The summed E-state index contributed by atoms with van der Waals surface area (Å²) < 4.78 is 1.66. The zero-order chi connectivity index (χ0) is 13.9. The zero-order valence-electron chi connectivity index (χ0n) is 10.6. The summed E-state index contributed by atoms with van der Waals surface area (Å²) in [5.74, 6) is -0.521. The summed E-state index contributed by atoms with van der Waals surface area (Å²) in [6.07, 6.45) is 1.72. The molecule has 0 spiro atoms. The number of amides is 1. The van der Waals surface area contributed by atoms with Crippen molar-refractivity contribution in [3.63, 3.8) is 0 Å². The van der Waals surface area contributed by atoms with Crippen LogP contribution in [0.4, 0.5) is 0 Å². The third kappa shape index (κ3) is 2.60. The molecule has 5 nitrogen and oxygen atoms in total. The minimum absolute atomic E-state index is 0.267. The van der Waals surface area contributed by atoms with Crippen molar-refractivity contribution in [1.29, 1.82) is 0 Å². The lowest BCUT2D eigenvalue weighted by Crippen LogP contribution is -2.12. The van der Waals surface area contributed by atoms with Gasteiger partial charge in [-0.15, -0.1) is 11.3 Å². The number of primary amides is 1. The molecule has 1 aromatic carbocycles. The van der Waals surface area contributed by atoms with Crippen molar-refractivity contribution in [2.24, 2.45) is 5.73 Å². The number of carbonyl (C=O) groups excluding carboxylic acids is 1. The molecular weight excluding hydrogens is 272 g/mol. The molecule has 0 aliphatic heterocycles. The largest absolute Gasteiger partial charge is 0.364 e. The van der Waals surface area contributed by atoms with E-state index in [1.165, 1.54) is 0 Å². The quantitative estimate of drug-likeness (QED) is 0.797. The summed E-state index contributed by atoms with van der Waals surface area (Å²) in [5.41, 5.74) is 7.45. The van der Waals surface area contributed by atoms with Crippen molar-refractivity contribution < 1.29 is 4.79 Å². The fraction of sp³-hybridized carbons (Fsp3) is 0.0714. The number of carbonyl (C=O) groups is 1. The van der Waals surface area contributed by atoms with Crippen LogP contribution in [0, 0.1) is 0 Å². The molecule has 100 valence electrons. The van der Waals surface area contributed by atoms with Crippen LogP contribution in [0.25, 0.3) is 10.6 Å². The molecule has 3 rings (SSSR count). The minimum Gasteiger partial charge on any atom is -0.364 e.